The second-order valence-corrected chi connectivity index (χ2v) is 8.14. The van der Waals surface area contributed by atoms with E-state index in [-0.39, 0.29) is 17.2 Å². The van der Waals surface area contributed by atoms with Crippen LogP contribution in [0.25, 0.3) is 0 Å². The molecule has 0 aromatic heterocycles. The fourth-order valence-corrected chi connectivity index (χ4v) is 3.73. The zero-order valence-electron chi connectivity index (χ0n) is 14.4. The summed E-state index contributed by atoms with van der Waals surface area (Å²) in [5.41, 5.74) is -0.425. The van der Waals surface area contributed by atoms with Crippen LogP contribution in [0.4, 0.5) is 0 Å². The topological polar surface area (TPSA) is 186 Å². The molecule has 1 saturated heterocycles. The smallest absolute Gasteiger partial charge is 0.466 e. The third-order valence-electron chi connectivity index (χ3n) is 3.90. The molecule has 1 aromatic carbocycles. The van der Waals surface area contributed by atoms with Crippen molar-refractivity contribution < 1.29 is 47.5 Å². The van der Waals surface area contributed by atoms with E-state index in [0.29, 0.717) is 18.2 Å². The summed E-state index contributed by atoms with van der Waals surface area (Å²) in [6.07, 6.45) is -5.42. The molecule has 0 spiro atoms. The van der Waals surface area contributed by atoms with Crippen molar-refractivity contribution in [3.63, 3.8) is 0 Å². The van der Waals surface area contributed by atoms with Gasteiger partial charge in [0, 0.05) is 6.42 Å². The van der Waals surface area contributed by atoms with Gasteiger partial charge >= 0.3 is 10.4 Å². The van der Waals surface area contributed by atoms with Gasteiger partial charge in [-0.05, 0) is 24.1 Å². The summed E-state index contributed by atoms with van der Waals surface area (Å²) < 4.78 is 39.7. The van der Waals surface area contributed by atoms with E-state index in [1.807, 2.05) is 0 Å². The third-order valence-corrected chi connectivity index (χ3v) is 5.33. The van der Waals surface area contributed by atoms with Crippen molar-refractivity contribution in [2.75, 3.05) is 6.61 Å². The van der Waals surface area contributed by atoms with Crippen LogP contribution in [0.1, 0.15) is 12.0 Å². The van der Waals surface area contributed by atoms with Crippen LogP contribution in [0, 0.1) is 0 Å². The average Bonchev–Trinajstić information content (AvgIpc) is 2.64. The fourth-order valence-electron chi connectivity index (χ4n) is 2.43. The first-order valence-electron chi connectivity index (χ1n) is 8.08. The van der Waals surface area contributed by atoms with E-state index in [9.17, 15) is 34.0 Å². The molecular weight excluding hydrogens is 418 g/mol. The minimum atomic E-state index is -4.86. The van der Waals surface area contributed by atoms with Crippen molar-refractivity contribution in [3.05, 3.63) is 29.8 Å². The van der Waals surface area contributed by atoms with Gasteiger partial charge in [-0.25, -0.2) is 4.28 Å². The number of aliphatic hydroxyl groups is 4. The lowest BCUT2D eigenvalue weighted by atomic mass is 10.0. The Kier molecular flexibility index (Phi) is 8.03. The van der Waals surface area contributed by atoms with Crippen LogP contribution in [0.3, 0.4) is 0 Å². The number of rotatable bonds is 7. The predicted molar refractivity (Wildman–Crippen MR) is 97.9 cm³/mol. The van der Waals surface area contributed by atoms with Gasteiger partial charge in [-0.2, -0.15) is 8.42 Å². The third kappa shape index (κ3) is 6.56. The minimum Gasteiger partial charge on any atom is -0.508 e. The highest BCUT2D eigenvalue weighted by atomic mass is 32.3. The molecule has 1 heterocycles. The summed E-state index contributed by atoms with van der Waals surface area (Å²) >= 11 is 0.707. The van der Waals surface area contributed by atoms with Crippen molar-refractivity contribution in [2.24, 2.45) is 5.16 Å². The van der Waals surface area contributed by atoms with Gasteiger partial charge in [-0.3, -0.25) is 4.55 Å². The maximum atomic E-state index is 10.8. The van der Waals surface area contributed by atoms with E-state index in [2.05, 4.69) is 9.44 Å². The molecule has 1 aromatic rings. The zero-order chi connectivity index (χ0) is 20.9. The molecule has 28 heavy (non-hydrogen) atoms. The van der Waals surface area contributed by atoms with Gasteiger partial charge in [0.1, 0.15) is 40.6 Å². The minimum absolute atomic E-state index is 0.00460. The number of oxime groups is 1. The Morgan fingerprint density at radius 3 is 2.36 bits per heavy atom. The van der Waals surface area contributed by atoms with Gasteiger partial charge in [0.25, 0.3) is 0 Å². The normalized spacial score (nSPS) is 28.9. The van der Waals surface area contributed by atoms with Gasteiger partial charge in [-0.15, -0.1) is 0 Å². The molecule has 5 atom stereocenters. The van der Waals surface area contributed by atoms with Crippen molar-refractivity contribution >= 4 is 27.2 Å². The lowest BCUT2D eigenvalue weighted by Crippen LogP contribution is -2.57. The number of aryl methyl sites for hydroxylation is 1. The van der Waals surface area contributed by atoms with Crippen LogP contribution in [0.2, 0.25) is 0 Å². The van der Waals surface area contributed by atoms with Gasteiger partial charge in [0.15, 0.2) is 0 Å². The number of phenolic OH excluding ortho intramolecular Hbond substituents is 1. The van der Waals surface area contributed by atoms with Crippen molar-refractivity contribution in [1.29, 1.82) is 0 Å². The Morgan fingerprint density at radius 1 is 1.14 bits per heavy atom. The highest BCUT2D eigenvalue weighted by molar-refractivity contribution is 8.14. The Balaban J connectivity index is 2.13. The molecule has 13 heteroatoms. The van der Waals surface area contributed by atoms with E-state index in [1.54, 1.807) is 12.1 Å². The van der Waals surface area contributed by atoms with Gasteiger partial charge < -0.3 is 30.3 Å². The van der Waals surface area contributed by atoms with E-state index in [4.69, 9.17) is 9.29 Å². The summed E-state index contributed by atoms with van der Waals surface area (Å²) in [5, 5.41) is 51.6. The second kappa shape index (κ2) is 9.84. The summed E-state index contributed by atoms with van der Waals surface area (Å²) in [6.45, 7) is -0.622. The quantitative estimate of drug-likeness (QED) is 0.132. The van der Waals surface area contributed by atoms with Gasteiger partial charge in [0.05, 0.1) is 6.61 Å². The van der Waals surface area contributed by atoms with Crippen LogP contribution in [-0.2, 0) is 25.8 Å². The van der Waals surface area contributed by atoms with Gasteiger partial charge in [0.2, 0.25) is 0 Å². The number of ether oxygens (including phenoxy) is 1. The monoisotopic (exact) mass is 439 g/mol. The molecule has 6 N–H and O–H groups in total. The van der Waals surface area contributed by atoms with E-state index >= 15 is 0 Å². The first-order chi connectivity index (χ1) is 13.1. The largest absolute Gasteiger partial charge is 0.508 e. The first-order valence-corrected chi connectivity index (χ1v) is 10.3. The summed E-state index contributed by atoms with van der Waals surface area (Å²) in [5.74, 6) is 0.0723. The standard InChI is InChI=1S/C15H21NO10S2/c17-7-10-12(19)13(20)14(21)15(25-10)27-11(16-26-28(22,23)24)6-3-8-1-4-9(18)5-2-8/h1-2,4-5,10,12-15,17-21H,3,6-7H2,(H,22,23,24)/t10-,12-,13+,14-,15+/m1/s1. The van der Waals surface area contributed by atoms with Crippen LogP contribution in [0.5, 0.6) is 5.75 Å². The number of aromatic hydroxyl groups is 1. The van der Waals surface area contributed by atoms with Crippen LogP contribution >= 0.6 is 11.8 Å². The zero-order valence-corrected chi connectivity index (χ0v) is 16.0. The molecular formula is C15H21NO10S2. The second-order valence-electron chi connectivity index (χ2n) is 5.97. The summed E-state index contributed by atoms with van der Waals surface area (Å²) in [6, 6.07) is 6.20. The Morgan fingerprint density at radius 2 is 1.79 bits per heavy atom. The SMILES string of the molecule is O=S(=O)(O)ON=C(CCc1ccc(O)cc1)S[C@@H]1O[C@H](CO)[C@@H](O)[C@H](O)[C@H]1O. The predicted octanol–water partition coefficient (Wildman–Crippen LogP) is -1.01. The molecule has 158 valence electrons. The first kappa shape index (κ1) is 22.8. The maximum Gasteiger partial charge on any atom is 0.466 e. The molecule has 0 unspecified atom stereocenters. The van der Waals surface area contributed by atoms with Crippen LogP contribution < -0.4 is 0 Å². The molecule has 0 amide bonds. The number of aliphatic hydroxyl groups excluding tert-OH is 4. The highest BCUT2D eigenvalue weighted by Gasteiger charge is 2.44. The molecule has 0 saturated carbocycles. The highest BCUT2D eigenvalue weighted by Crippen LogP contribution is 2.30. The van der Waals surface area contributed by atoms with Crippen LogP contribution in [-0.4, -0.2) is 80.0 Å². The molecule has 0 bridgehead atoms. The van der Waals surface area contributed by atoms with E-state index < -0.39 is 46.9 Å². The number of phenols is 1. The van der Waals surface area contributed by atoms with Crippen LogP contribution in [0.15, 0.2) is 29.4 Å². The fraction of sp³-hybridized carbons (Fsp3) is 0.533. The van der Waals surface area contributed by atoms with E-state index in [0.717, 1.165) is 5.56 Å². The van der Waals surface area contributed by atoms with Gasteiger partial charge in [-0.1, -0.05) is 29.1 Å². The van der Waals surface area contributed by atoms with Crippen molar-refractivity contribution in [1.82, 2.24) is 0 Å². The molecule has 2 rings (SSSR count). The average molecular weight is 439 g/mol. The number of nitrogens with zero attached hydrogens (tertiary/aromatic N) is 1. The molecule has 1 fully saturated rings. The Labute approximate surface area is 165 Å². The molecule has 0 radical (unpaired) electrons. The molecule has 1 aliphatic rings. The Bertz CT molecular complexity index is 768. The van der Waals surface area contributed by atoms with Crippen molar-refractivity contribution in [3.8, 4) is 5.75 Å². The number of hydrogen-bond acceptors (Lipinski definition) is 11. The number of benzene rings is 1. The number of hydrogen-bond donors (Lipinski definition) is 6. The molecule has 0 aliphatic carbocycles. The maximum absolute atomic E-state index is 10.8. The molecule has 1 aliphatic heterocycles. The Hall–Kier alpha value is -1.45. The summed E-state index contributed by atoms with van der Waals surface area (Å²) in [7, 11) is -4.86. The van der Waals surface area contributed by atoms with E-state index in [1.165, 1.54) is 12.1 Å². The molecule has 11 nitrogen and oxygen atoms in total. The number of thioether (sulfide) groups is 1. The summed E-state index contributed by atoms with van der Waals surface area (Å²) in [4.78, 5) is 0. The lowest BCUT2D eigenvalue weighted by Gasteiger charge is -2.39. The lowest BCUT2D eigenvalue weighted by molar-refractivity contribution is -0.205. The van der Waals surface area contributed by atoms with Crippen molar-refractivity contribution in [2.45, 2.75) is 42.7 Å².